The maximum absolute atomic E-state index is 3.61. The molecule has 20 heavy (non-hydrogen) atoms. The zero-order valence-electron chi connectivity index (χ0n) is 13.4. The molecule has 1 aromatic carbocycles. The third kappa shape index (κ3) is 3.76. The van der Waals surface area contributed by atoms with Gasteiger partial charge in [-0.3, -0.25) is 0 Å². The number of anilines is 1. The lowest BCUT2D eigenvalue weighted by Crippen LogP contribution is -2.44. The van der Waals surface area contributed by atoms with Gasteiger partial charge in [0.25, 0.3) is 0 Å². The average molecular weight is 274 g/mol. The first-order valence-electron chi connectivity index (χ1n) is 8.22. The molecule has 1 aromatic rings. The topological polar surface area (TPSA) is 15.3 Å². The van der Waals surface area contributed by atoms with Gasteiger partial charge in [0.2, 0.25) is 0 Å². The first kappa shape index (κ1) is 15.4. The highest BCUT2D eigenvalue weighted by Crippen LogP contribution is 2.31. The van der Waals surface area contributed by atoms with Gasteiger partial charge >= 0.3 is 0 Å². The Bertz CT molecular complexity index is 416. The van der Waals surface area contributed by atoms with Crippen molar-refractivity contribution < 1.29 is 0 Å². The zero-order chi connectivity index (χ0) is 14.4. The second-order valence-corrected chi connectivity index (χ2v) is 6.49. The summed E-state index contributed by atoms with van der Waals surface area (Å²) >= 11 is 0. The van der Waals surface area contributed by atoms with E-state index in [4.69, 9.17) is 0 Å². The molecule has 2 nitrogen and oxygen atoms in total. The molecule has 0 radical (unpaired) electrons. The number of hydrogen-bond donors (Lipinski definition) is 1. The van der Waals surface area contributed by atoms with E-state index >= 15 is 0 Å². The molecule has 112 valence electrons. The Labute approximate surface area is 124 Å². The molecule has 0 saturated heterocycles. The van der Waals surface area contributed by atoms with Crippen LogP contribution in [0.5, 0.6) is 0 Å². The molecule has 0 fully saturated rings. The molecule has 2 rings (SSSR count). The summed E-state index contributed by atoms with van der Waals surface area (Å²) in [4.78, 5) is 2.61. The molecule has 1 heterocycles. The number of aryl methyl sites for hydroxylation is 1. The minimum atomic E-state index is 0.361. The summed E-state index contributed by atoms with van der Waals surface area (Å²) in [6, 6.07) is 8.93. The van der Waals surface area contributed by atoms with Crippen molar-refractivity contribution in [3.8, 4) is 0 Å². The number of nitrogens with zero attached hydrogens (tertiary/aromatic N) is 1. The summed E-state index contributed by atoms with van der Waals surface area (Å²) < 4.78 is 0. The van der Waals surface area contributed by atoms with Gasteiger partial charge in [-0.2, -0.15) is 0 Å². The van der Waals surface area contributed by atoms with E-state index in [9.17, 15) is 0 Å². The summed E-state index contributed by atoms with van der Waals surface area (Å²) in [7, 11) is 0. The van der Waals surface area contributed by atoms with E-state index in [-0.39, 0.29) is 0 Å². The molecule has 1 aliphatic heterocycles. The summed E-state index contributed by atoms with van der Waals surface area (Å²) in [5.74, 6) is 0. The van der Waals surface area contributed by atoms with Gasteiger partial charge < -0.3 is 10.2 Å². The van der Waals surface area contributed by atoms with E-state index < -0.39 is 0 Å². The van der Waals surface area contributed by atoms with Crippen LogP contribution in [0, 0.1) is 5.41 Å². The van der Waals surface area contributed by atoms with Crippen molar-refractivity contribution in [1.29, 1.82) is 0 Å². The van der Waals surface area contributed by atoms with Crippen LogP contribution < -0.4 is 10.2 Å². The van der Waals surface area contributed by atoms with Crippen LogP contribution in [0.1, 0.15) is 45.6 Å². The summed E-state index contributed by atoms with van der Waals surface area (Å²) in [5, 5.41) is 3.61. The van der Waals surface area contributed by atoms with Crippen LogP contribution in [0.25, 0.3) is 0 Å². The van der Waals surface area contributed by atoms with E-state index in [0.29, 0.717) is 5.41 Å². The van der Waals surface area contributed by atoms with Crippen molar-refractivity contribution >= 4 is 5.69 Å². The first-order valence-corrected chi connectivity index (χ1v) is 8.22. The molecule has 1 N–H and O–H groups in total. The maximum Gasteiger partial charge on any atom is 0.0398 e. The SMILES string of the molecule is CCCNCC(C)(CC)CN1CCCc2ccccc21. The predicted octanol–water partition coefficient (Wildman–Crippen LogP) is 3.86. The van der Waals surface area contributed by atoms with Crippen LogP contribution in [-0.2, 0) is 6.42 Å². The molecule has 0 bridgehead atoms. The third-order valence-electron chi connectivity index (χ3n) is 4.61. The van der Waals surface area contributed by atoms with E-state index in [1.807, 2.05) is 0 Å². The number of benzene rings is 1. The van der Waals surface area contributed by atoms with Gasteiger partial charge in [0.15, 0.2) is 0 Å². The lowest BCUT2D eigenvalue weighted by atomic mass is 9.85. The predicted molar refractivity (Wildman–Crippen MR) is 88.5 cm³/mol. The van der Waals surface area contributed by atoms with Crippen molar-refractivity contribution in [2.75, 3.05) is 31.1 Å². The average Bonchev–Trinajstić information content (AvgIpc) is 2.48. The molecule has 0 aromatic heterocycles. The Morgan fingerprint density at radius 1 is 1.25 bits per heavy atom. The number of rotatable bonds is 7. The van der Waals surface area contributed by atoms with Gasteiger partial charge in [0.1, 0.15) is 0 Å². The maximum atomic E-state index is 3.61. The molecule has 1 unspecified atom stereocenters. The minimum absolute atomic E-state index is 0.361. The second kappa shape index (κ2) is 7.12. The standard InChI is InChI=1S/C18H30N2/c1-4-12-19-14-18(3,5-2)15-20-13-8-10-16-9-6-7-11-17(16)20/h6-7,9,11,19H,4-5,8,10,12-15H2,1-3H3. The fourth-order valence-corrected chi connectivity index (χ4v) is 3.10. The van der Waals surface area contributed by atoms with Crippen LogP contribution in [-0.4, -0.2) is 26.2 Å². The van der Waals surface area contributed by atoms with Crippen molar-refractivity contribution in [2.45, 2.75) is 46.5 Å². The number of hydrogen-bond acceptors (Lipinski definition) is 2. The van der Waals surface area contributed by atoms with E-state index in [1.54, 1.807) is 0 Å². The van der Waals surface area contributed by atoms with Crippen molar-refractivity contribution in [1.82, 2.24) is 5.32 Å². The van der Waals surface area contributed by atoms with Crippen molar-refractivity contribution in [3.05, 3.63) is 29.8 Å². The van der Waals surface area contributed by atoms with Crippen LogP contribution in [0.4, 0.5) is 5.69 Å². The minimum Gasteiger partial charge on any atom is -0.371 e. The Balaban J connectivity index is 2.04. The van der Waals surface area contributed by atoms with Gasteiger partial charge in [0.05, 0.1) is 0 Å². The monoisotopic (exact) mass is 274 g/mol. The molecule has 1 atom stereocenters. The lowest BCUT2D eigenvalue weighted by molar-refractivity contribution is 0.294. The fourth-order valence-electron chi connectivity index (χ4n) is 3.10. The fraction of sp³-hybridized carbons (Fsp3) is 0.667. The second-order valence-electron chi connectivity index (χ2n) is 6.49. The summed E-state index contributed by atoms with van der Waals surface area (Å²) in [5.41, 5.74) is 3.35. The van der Waals surface area contributed by atoms with E-state index in [1.165, 1.54) is 43.5 Å². The summed E-state index contributed by atoms with van der Waals surface area (Å²) in [6.45, 7) is 11.6. The molecular formula is C18H30N2. The highest BCUT2D eigenvalue weighted by Gasteiger charge is 2.27. The highest BCUT2D eigenvalue weighted by molar-refractivity contribution is 5.55. The smallest absolute Gasteiger partial charge is 0.0398 e. The van der Waals surface area contributed by atoms with Crippen LogP contribution in [0.3, 0.4) is 0 Å². The molecule has 0 amide bonds. The quantitative estimate of drug-likeness (QED) is 0.760. The molecular weight excluding hydrogens is 244 g/mol. The third-order valence-corrected chi connectivity index (χ3v) is 4.61. The number of nitrogens with one attached hydrogen (secondary N) is 1. The van der Waals surface area contributed by atoms with Crippen LogP contribution in [0.2, 0.25) is 0 Å². The molecule has 0 spiro atoms. The Kier molecular flexibility index (Phi) is 5.47. The van der Waals surface area contributed by atoms with Crippen LogP contribution in [0.15, 0.2) is 24.3 Å². The number of para-hydroxylation sites is 1. The largest absolute Gasteiger partial charge is 0.371 e. The summed E-state index contributed by atoms with van der Waals surface area (Å²) in [6.07, 6.45) is 4.97. The normalized spacial score (nSPS) is 17.6. The van der Waals surface area contributed by atoms with E-state index in [2.05, 4.69) is 55.3 Å². The van der Waals surface area contributed by atoms with Gasteiger partial charge in [-0.15, -0.1) is 0 Å². The van der Waals surface area contributed by atoms with Gasteiger partial charge in [-0.05, 0) is 49.3 Å². The van der Waals surface area contributed by atoms with Crippen LogP contribution >= 0.6 is 0 Å². The van der Waals surface area contributed by atoms with Gasteiger partial charge in [0, 0.05) is 25.3 Å². The molecule has 0 saturated carbocycles. The zero-order valence-corrected chi connectivity index (χ0v) is 13.4. The Hall–Kier alpha value is -1.02. The lowest BCUT2D eigenvalue weighted by Gasteiger charge is -2.39. The number of fused-ring (bicyclic) bond motifs is 1. The molecule has 0 aliphatic carbocycles. The van der Waals surface area contributed by atoms with E-state index in [0.717, 1.165) is 19.6 Å². The first-order chi connectivity index (χ1) is 9.68. The van der Waals surface area contributed by atoms with Gasteiger partial charge in [-0.1, -0.05) is 39.0 Å². The van der Waals surface area contributed by atoms with Crippen molar-refractivity contribution in [2.24, 2.45) is 5.41 Å². The highest BCUT2D eigenvalue weighted by atomic mass is 15.1. The Morgan fingerprint density at radius 3 is 2.80 bits per heavy atom. The Morgan fingerprint density at radius 2 is 2.05 bits per heavy atom. The molecule has 2 heteroatoms. The molecule has 1 aliphatic rings. The van der Waals surface area contributed by atoms with Gasteiger partial charge in [-0.25, -0.2) is 0 Å². The van der Waals surface area contributed by atoms with Crippen molar-refractivity contribution in [3.63, 3.8) is 0 Å².